The molecule has 4 nitrogen and oxygen atoms in total. The van der Waals surface area contributed by atoms with Crippen LogP contribution >= 0.6 is 0 Å². The van der Waals surface area contributed by atoms with Gasteiger partial charge in [0.15, 0.2) is 0 Å². The second kappa shape index (κ2) is 5.47. The molecule has 0 aromatic carbocycles. The Labute approximate surface area is 121 Å². The highest BCUT2D eigenvalue weighted by Gasteiger charge is 2.62. The van der Waals surface area contributed by atoms with Crippen molar-refractivity contribution in [3.8, 4) is 11.8 Å². The summed E-state index contributed by atoms with van der Waals surface area (Å²) in [4.78, 5) is 23.5. The molecule has 2 atom stereocenters. The summed E-state index contributed by atoms with van der Waals surface area (Å²) < 4.78 is 10.3. The number of hydrogen-bond acceptors (Lipinski definition) is 4. The lowest BCUT2D eigenvalue weighted by molar-refractivity contribution is -0.157. The van der Waals surface area contributed by atoms with Crippen LogP contribution in [0.2, 0.25) is 0 Å². The summed E-state index contributed by atoms with van der Waals surface area (Å²) >= 11 is 0. The van der Waals surface area contributed by atoms with Gasteiger partial charge in [-0.2, -0.15) is 0 Å². The van der Waals surface area contributed by atoms with Crippen molar-refractivity contribution in [2.75, 3.05) is 0 Å². The number of hydrogen-bond donors (Lipinski definition) is 0. The first-order valence-electron chi connectivity index (χ1n) is 6.90. The number of carbonyl (C=O) groups excluding carboxylic acids is 2. The predicted molar refractivity (Wildman–Crippen MR) is 75.6 cm³/mol. The van der Waals surface area contributed by atoms with Crippen LogP contribution in [0.1, 0.15) is 48.5 Å². The summed E-state index contributed by atoms with van der Waals surface area (Å²) in [5.74, 6) is 4.07. The molecule has 0 heterocycles. The van der Waals surface area contributed by atoms with E-state index in [4.69, 9.17) is 9.47 Å². The summed E-state index contributed by atoms with van der Waals surface area (Å²) in [6.45, 7) is 12.9. The van der Waals surface area contributed by atoms with E-state index in [1.54, 1.807) is 13.8 Å². The van der Waals surface area contributed by atoms with Gasteiger partial charge in [-0.15, -0.1) is 0 Å². The van der Waals surface area contributed by atoms with E-state index in [1.165, 1.54) is 0 Å². The third kappa shape index (κ3) is 4.26. The van der Waals surface area contributed by atoms with Crippen molar-refractivity contribution in [3.05, 3.63) is 0 Å². The number of ether oxygens (including phenoxy) is 2. The van der Waals surface area contributed by atoms with Gasteiger partial charge in [0.25, 0.3) is 0 Å². The fourth-order valence-electron chi connectivity index (χ4n) is 2.09. The minimum absolute atomic E-state index is 0.155. The number of esters is 2. The summed E-state index contributed by atoms with van der Waals surface area (Å²) in [6.07, 6.45) is -0.189. The zero-order valence-electron chi connectivity index (χ0n) is 13.4. The van der Waals surface area contributed by atoms with E-state index < -0.39 is 11.6 Å². The van der Waals surface area contributed by atoms with Crippen molar-refractivity contribution in [2.24, 2.45) is 17.3 Å². The van der Waals surface area contributed by atoms with E-state index in [2.05, 4.69) is 11.8 Å². The van der Waals surface area contributed by atoms with Gasteiger partial charge in [-0.1, -0.05) is 19.8 Å². The van der Waals surface area contributed by atoms with Crippen LogP contribution in [0.5, 0.6) is 0 Å². The zero-order valence-corrected chi connectivity index (χ0v) is 13.4. The van der Waals surface area contributed by atoms with Gasteiger partial charge in [0.2, 0.25) is 0 Å². The second-order valence-electron chi connectivity index (χ2n) is 7.03. The molecule has 112 valence electrons. The van der Waals surface area contributed by atoms with Crippen molar-refractivity contribution >= 4 is 11.9 Å². The fraction of sp³-hybridized carbons (Fsp3) is 0.750. The molecule has 0 spiro atoms. The fourth-order valence-corrected chi connectivity index (χ4v) is 2.09. The highest BCUT2D eigenvalue weighted by molar-refractivity contribution is 5.89. The summed E-state index contributed by atoms with van der Waals surface area (Å²) in [7, 11) is 0. The third-order valence-electron chi connectivity index (χ3n) is 3.16. The van der Waals surface area contributed by atoms with Gasteiger partial charge < -0.3 is 9.47 Å². The quantitative estimate of drug-likeness (QED) is 0.443. The van der Waals surface area contributed by atoms with Gasteiger partial charge in [-0.05, 0) is 40.0 Å². The maximum absolute atomic E-state index is 12.1. The van der Waals surface area contributed by atoms with Crippen LogP contribution in [0.25, 0.3) is 0 Å². The van der Waals surface area contributed by atoms with Crippen LogP contribution in [0.4, 0.5) is 0 Å². The molecule has 4 heteroatoms. The summed E-state index contributed by atoms with van der Waals surface area (Å²) in [6, 6.07) is 0. The SMILES string of the molecule is CC(C)OC(=O)C#C[C@@H]1[C@@H](C(=O)OC(C)(C)C)C1(C)C. The van der Waals surface area contributed by atoms with Crippen LogP contribution < -0.4 is 0 Å². The second-order valence-corrected chi connectivity index (χ2v) is 7.03. The lowest BCUT2D eigenvalue weighted by atomic mass is 10.1. The van der Waals surface area contributed by atoms with Gasteiger partial charge in [0, 0.05) is 11.8 Å². The van der Waals surface area contributed by atoms with E-state index in [0.717, 1.165) is 0 Å². The molecule has 1 rings (SSSR count). The van der Waals surface area contributed by atoms with E-state index >= 15 is 0 Å². The summed E-state index contributed by atoms with van der Waals surface area (Å²) in [5.41, 5.74) is -0.766. The lowest BCUT2D eigenvalue weighted by Gasteiger charge is -2.19. The van der Waals surface area contributed by atoms with E-state index in [0.29, 0.717) is 0 Å². The Bertz CT molecular complexity index is 457. The normalized spacial score (nSPS) is 23.6. The first-order valence-corrected chi connectivity index (χ1v) is 6.90. The molecule has 0 amide bonds. The van der Waals surface area contributed by atoms with E-state index in [-0.39, 0.29) is 29.3 Å². The van der Waals surface area contributed by atoms with E-state index in [9.17, 15) is 9.59 Å². The Morgan fingerprint density at radius 2 is 1.75 bits per heavy atom. The Hall–Kier alpha value is -1.50. The maximum Gasteiger partial charge on any atom is 0.384 e. The largest absolute Gasteiger partial charge is 0.460 e. The predicted octanol–water partition coefficient (Wildman–Crippen LogP) is 2.56. The molecular formula is C16H24O4. The summed E-state index contributed by atoms with van der Waals surface area (Å²) in [5, 5.41) is 0. The first kappa shape index (κ1) is 16.6. The van der Waals surface area contributed by atoms with Crippen molar-refractivity contribution in [2.45, 2.75) is 60.2 Å². The van der Waals surface area contributed by atoms with Crippen LogP contribution in [-0.4, -0.2) is 23.6 Å². The smallest absolute Gasteiger partial charge is 0.384 e. The molecule has 1 fully saturated rings. The first-order chi connectivity index (χ1) is 8.95. The van der Waals surface area contributed by atoms with Crippen LogP contribution in [0, 0.1) is 29.1 Å². The Balaban J connectivity index is 2.68. The molecule has 0 saturated heterocycles. The Morgan fingerprint density at radius 3 is 2.20 bits per heavy atom. The molecule has 0 aromatic heterocycles. The number of rotatable bonds is 2. The molecule has 1 aliphatic rings. The van der Waals surface area contributed by atoms with Gasteiger partial charge in [-0.3, -0.25) is 4.79 Å². The molecule has 20 heavy (non-hydrogen) atoms. The van der Waals surface area contributed by atoms with Crippen molar-refractivity contribution in [3.63, 3.8) is 0 Å². The molecule has 0 radical (unpaired) electrons. The molecule has 0 bridgehead atoms. The highest BCUT2D eigenvalue weighted by atomic mass is 16.6. The molecule has 0 aliphatic heterocycles. The Kier molecular flexibility index (Phi) is 4.53. The molecular weight excluding hydrogens is 256 g/mol. The minimum Gasteiger partial charge on any atom is -0.460 e. The van der Waals surface area contributed by atoms with Crippen LogP contribution in [-0.2, 0) is 19.1 Å². The van der Waals surface area contributed by atoms with E-state index in [1.807, 2.05) is 34.6 Å². The minimum atomic E-state index is -0.550. The topological polar surface area (TPSA) is 52.6 Å². The molecule has 1 aliphatic carbocycles. The van der Waals surface area contributed by atoms with Crippen LogP contribution in [0.15, 0.2) is 0 Å². The molecule has 1 saturated carbocycles. The highest BCUT2D eigenvalue weighted by Crippen LogP contribution is 2.58. The van der Waals surface area contributed by atoms with Gasteiger partial charge in [0.1, 0.15) is 5.60 Å². The average Bonchev–Trinajstić information content (AvgIpc) is 2.73. The van der Waals surface area contributed by atoms with Gasteiger partial charge in [-0.25, -0.2) is 4.79 Å². The van der Waals surface area contributed by atoms with Gasteiger partial charge in [0.05, 0.1) is 12.0 Å². The van der Waals surface area contributed by atoms with Gasteiger partial charge >= 0.3 is 11.9 Å². The Morgan fingerprint density at radius 1 is 1.20 bits per heavy atom. The number of carbonyl (C=O) groups is 2. The van der Waals surface area contributed by atoms with Crippen LogP contribution in [0.3, 0.4) is 0 Å². The molecule has 0 unspecified atom stereocenters. The maximum atomic E-state index is 12.1. The molecule has 0 N–H and O–H groups in total. The lowest BCUT2D eigenvalue weighted by Crippen LogP contribution is -2.26. The standard InChI is InChI=1S/C16H24O4/c1-10(2)19-12(17)9-8-11-13(16(11,6)7)14(18)20-15(3,4)5/h10-11,13H,1-7H3/t11-,13+/m1/s1. The van der Waals surface area contributed by atoms with Crippen molar-refractivity contribution < 1.29 is 19.1 Å². The zero-order chi connectivity index (χ0) is 15.7. The monoisotopic (exact) mass is 280 g/mol. The molecule has 0 aromatic rings. The van der Waals surface area contributed by atoms with Crippen molar-refractivity contribution in [1.29, 1.82) is 0 Å². The van der Waals surface area contributed by atoms with Crippen molar-refractivity contribution in [1.82, 2.24) is 0 Å². The third-order valence-corrected chi connectivity index (χ3v) is 3.16. The average molecular weight is 280 g/mol.